The van der Waals surface area contributed by atoms with E-state index in [1.165, 1.54) is 0 Å². The van der Waals surface area contributed by atoms with Crippen molar-refractivity contribution in [2.75, 3.05) is 18.0 Å². The van der Waals surface area contributed by atoms with Gasteiger partial charge in [0.05, 0.1) is 5.52 Å². The SMILES string of the molecule is C=C(C)N1CCc2[nH]nc(N3CCCc4cc(-c5cn(C)c6ccncc56)c(C(F)F)cc43)c2C1. The van der Waals surface area contributed by atoms with E-state index in [0.717, 1.165) is 89.4 Å². The Morgan fingerprint density at radius 2 is 2.03 bits per heavy atom. The molecule has 4 aromatic rings. The summed E-state index contributed by atoms with van der Waals surface area (Å²) in [6.07, 6.45) is 5.46. The molecule has 1 aromatic carbocycles. The number of benzene rings is 1. The maximum atomic E-state index is 14.5. The fourth-order valence-corrected chi connectivity index (χ4v) is 5.56. The van der Waals surface area contributed by atoms with Crippen molar-refractivity contribution >= 4 is 22.4 Å². The lowest BCUT2D eigenvalue weighted by Gasteiger charge is -2.34. The lowest BCUT2D eigenvalue weighted by Crippen LogP contribution is -2.31. The number of aromatic amines is 1. The molecule has 0 spiro atoms. The van der Waals surface area contributed by atoms with Crippen LogP contribution in [-0.4, -0.2) is 37.7 Å². The molecule has 35 heavy (non-hydrogen) atoms. The van der Waals surface area contributed by atoms with E-state index in [1.807, 2.05) is 36.9 Å². The van der Waals surface area contributed by atoms with Crippen LogP contribution in [0.4, 0.5) is 20.3 Å². The second-order valence-corrected chi connectivity index (χ2v) is 9.58. The van der Waals surface area contributed by atoms with E-state index >= 15 is 0 Å². The number of alkyl halides is 2. The minimum absolute atomic E-state index is 0.0416. The van der Waals surface area contributed by atoms with Gasteiger partial charge in [-0.15, -0.1) is 0 Å². The predicted molar refractivity (Wildman–Crippen MR) is 134 cm³/mol. The number of nitrogens with zero attached hydrogens (tertiary/aromatic N) is 5. The van der Waals surface area contributed by atoms with Crippen molar-refractivity contribution in [1.82, 2.24) is 24.6 Å². The van der Waals surface area contributed by atoms with Crippen molar-refractivity contribution in [1.29, 1.82) is 0 Å². The first-order valence-corrected chi connectivity index (χ1v) is 12.0. The summed E-state index contributed by atoms with van der Waals surface area (Å²) in [5.74, 6) is 0.842. The summed E-state index contributed by atoms with van der Waals surface area (Å²) in [5, 5.41) is 8.74. The van der Waals surface area contributed by atoms with Crippen LogP contribution in [0.25, 0.3) is 22.0 Å². The van der Waals surface area contributed by atoms with E-state index in [-0.39, 0.29) is 5.56 Å². The lowest BCUT2D eigenvalue weighted by molar-refractivity contribution is 0.152. The van der Waals surface area contributed by atoms with Gasteiger partial charge in [-0.05, 0) is 49.1 Å². The number of nitrogens with one attached hydrogen (secondary N) is 1. The van der Waals surface area contributed by atoms with Gasteiger partial charge in [0.25, 0.3) is 6.43 Å². The largest absolute Gasteiger partial charge is 0.371 e. The molecule has 3 aromatic heterocycles. The molecule has 5 heterocycles. The smallest absolute Gasteiger partial charge is 0.264 e. The van der Waals surface area contributed by atoms with Crippen LogP contribution in [0.2, 0.25) is 0 Å². The standard InChI is InChI=1S/C27H28F2N6/c1-16(2)34-10-7-23-22(15-34)27(32-31-23)35-9-4-5-17-11-18(19(26(28)29)12-25(17)35)21-14-33(3)24-6-8-30-13-20(21)24/h6,8,11-14,26H,1,4-5,7,9-10,15H2,2-3H3,(H,31,32). The second-order valence-electron chi connectivity index (χ2n) is 9.58. The van der Waals surface area contributed by atoms with E-state index in [9.17, 15) is 8.78 Å². The number of hydrogen-bond acceptors (Lipinski definition) is 4. The highest BCUT2D eigenvalue weighted by Gasteiger charge is 2.30. The molecule has 0 amide bonds. The van der Waals surface area contributed by atoms with Gasteiger partial charge in [0.2, 0.25) is 0 Å². The monoisotopic (exact) mass is 474 g/mol. The average Bonchev–Trinajstić information content (AvgIpc) is 3.43. The number of halogens is 2. The number of aromatic nitrogens is 4. The third-order valence-electron chi connectivity index (χ3n) is 7.39. The molecular formula is C27H28F2N6. The van der Waals surface area contributed by atoms with Crippen LogP contribution in [0, 0.1) is 0 Å². The number of anilines is 2. The van der Waals surface area contributed by atoms with Crippen LogP contribution in [-0.2, 0) is 26.4 Å². The summed E-state index contributed by atoms with van der Waals surface area (Å²) in [6, 6.07) is 5.56. The molecule has 0 atom stereocenters. The Labute approximate surface area is 202 Å². The van der Waals surface area contributed by atoms with Gasteiger partial charge < -0.3 is 14.4 Å². The van der Waals surface area contributed by atoms with Crippen molar-refractivity contribution < 1.29 is 8.78 Å². The number of hydrogen-bond donors (Lipinski definition) is 1. The van der Waals surface area contributed by atoms with Crippen molar-refractivity contribution in [3.8, 4) is 11.1 Å². The first kappa shape index (κ1) is 21.8. The minimum atomic E-state index is -2.60. The topological polar surface area (TPSA) is 53.0 Å². The van der Waals surface area contributed by atoms with Gasteiger partial charge in [-0.3, -0.25) is 10.1 Å². The number of aryl methyl sites for hydroxylation is 2. The van der Waals surface area contributed by atoms with E-state index in [1.54, 1.807) is 18.5 Å². The molecule has 0 aliphatic carbocycles. The van der Waals surface area contributed by atoms with Crippen LogP contribution in [0.5, 0.6) is 0 Å². The van der Waals surface area contributed by atoms with E-state index < -0.39 is 6.43 Å². The molecule has 0 bridgehead atoms. The molecule has 2 aliphatic rings. The molecule has 1 N–H and O–H groups in total. The highest BCUT2D eigenvalue weighted by Crippen LogP contribution is 2.44. The fraction of sp³-hybridized carbons (Fsp3) is 0.333. The van der Waals surface area contributed by atoms with Crippen molar-refractivity contribution in [3.63, 3.8) is 0 Å². The van der Waals surface area contributed by atoms with E-state index in [2.05, 4.69) is 31.6 Å². The summed E-state index contributed by atoms with van der Waals surface area (Å²) in [7, 11) is 1.93. The van der Waals surface area contributed by atoms with Crippen molar-refractivity contribution in [2.24, 2.45) is 7.05 Å². The summed E-state index contributed by atoms with van der Waals surface area (Å²) in [6.45, 7) is 8.49. The maximum absolute atomic E-state index is 14.5. The summed E-state index contributed by atoms with van der Waals surface area (Å²) < 4.78 is 31.0. The molecule has 0 saturated heterocycles. The van der Waals surface area contributed by atoms with Crippen molar-refractivity contribution in [3.05, 3.63) is 71.4 Å². The molecule has 0 fully saturated rings. The van der Waals surface area contributed by atoms with E-state index in [4.69, 9.17) is 0 Å². The lowest BCUT2D eigenvalue weighted by atomic mass is 9.91. The van der Waals surface area contributed by atoms with Gasteiger partial charge in [0.1, 0.15) is 0 Å². The fourth-order valence-electron chi connectivity index (χ4n) is 5.56. The molecule has 0 radical (unpaired) electrons. The van der Waals surface area contributed by atoms with Crippen LogP contribution < -0.4 is 4.90 Å². The third-order valence-corrected chi connectivity index (χ3v) is 7.39. The number of H-pyrrole nitrogens is 1. The van der Waals surface area contributed by atoms with Gasteiger partial charge in [0, 0.05) is 90.8 Å². The Hall–Kier alpha value is -3.68. The normalized spacial score (nSPS) is 15.6. The molecular weight excluding hydrogens is 446 g/mol. The zero-order valence-electron chi connectivity index (χ0n) is 20.0. The Morgan fingerprint density at radius 1 is 1.17 bits per heavy atom. The van der Waals surface area contributed by atoms with Gasteiger partial charge >= 0.3 is 0 Å². The number of fused-ring (bicyclic) bond motifs is 3. The average molecular weight is 475 g/mol. The predicted octanol–water partition coefficient (Wildman–Crippen LogP) is 5.88. The van der Waals surface area contributed by atoms with Crippen LogP contribution in [0.1, 0.15) is 42.2 Å². The Bertz CT molecular complexity index is 1450. The van der Waals surface area contributed by atoms with Gasteiger partial charge in [-0.25, -0.2) is 8.78 Å². The molecule has 6 nitrogen and oxygen atoms in total. The first-order chi connectivity index (χ1) is 16.9. The van der Waals surface area contributed by atoms with Gasteiger partial charge in [0.15, 0.2) is 5.82 Å². The first-order valence-electron chi connectivity index (χ1n) is 12.0. The Balaban J connectivity index is 1.48. The molecule has 6 rings (SSSR count). The molecule has 0 unspecified atom stereocenters. The minimum Gasteiger partial charge on any atom is -0.371 e. The molecule has 8 heteroatoms. The number of pyridine rings is 1. The van der Waals surface area contributed by atoms with E-state index in [0.29, 0.717) is 5.56 Å². The van der Waals surface area contributed by atoms with Crippen LogP contribution in [0.15, 0.2) is 49.1 Å². The highest BCUT2D eigenvalue weighted by molar-refractivity contribution is 5.97. The second kappa shape index (κ2) is 8.22. The van der Waals surface area contributed by atoms with Crippen molar-refractivity contribution in [2.45, 2.75) is 39.2 Å². The summed E-state index contributed by atoms with van der Waals surface area (Å²) in [4.78, 5) is 8.61. The quantitative estimate of drug-likeness (QED) is 0.402. The van der Waals surface area contributed by atoms with Crippen LogP contribution in [0.3, 0.4) is 0 Å². The summed E-state index contributed by atoms with van der Waals surface area (Å²) >= 11 is 0. The van der Waals surface area contributed by atoms with Crippen LogP contribution >= 0.6 is 0 Å². The number of allylic oxidation sites excluding steroid dienone is 1. The Morgan fingerprint density at radius 3 is 2.83 bits per heavy atom. The number of rotatable bonds is 4. The highest BCUT2D eigenvalue weighted by atomic mass is 19.3. The van der Waals surface area contributed by atoms with Gasteiger partial charge in [-0.1, -0.05) is 6.58 Å². The molecule has 2 aliphatic heterocycles. The zero-order valence-corrected chi connectivity index (χ0v) is 20.0. The maximum Gasteiger partial charge on any atom is 0.264 e. The van der Waals surface area contributed by atoms with Gasteiger partial charge in [-0.2, -0.15) is 5.10 Å². The zero-order chi connectivity index (χ0) is 24.3. The molecule has 0 saturated carbocycles. The third kappa shape index (κ3) is 3.50. The Kier molecular flexibility index (Phi) is 5.12. The summed E-state index contributed by atoms with van der Waals surface area (Å²) in [5.41, 5.74) is 7.57. The molecule has 180 valence electrons.